The van der Waals surface area contributed by atoms with E-state index in [4.69, 9.17) is 0 Å². The first kappa shape index (κ1) is 20.8. The van der Waals surface area contributed by atoms with Crippen LogP contribution in [0.1, 0.15) is 17.5 Å². The van der Waals surface area contributed by atoms with E-state index in [-0.39, 0.29) is 18.0 Å². The molecule has 1 aliphatic rings. The number of fused-ring (bicyclic) bond motifs is 1. The molecule has 31 heavy (non-hydrogen) atoms. The van der Waals surface area contributed by atoms with Gasteiger partial charge in [0.2, 0.25) is 0 Å². The van der Waals surface area contributed by atoms with E-state index in [1.54, 1.807) is 12.2 Å². The molecule has 1 aliphatic heterocycles. The summed E-state index contributed by atoms with van der Waals surface area (Å²) in [6, 6.07) is 16.1. The lowest BCUT2D eigenvalue weighted by molar-refractivity contribution is -0.121. The summed E-state index contributed by atoms with van der Waals surface area (Å²) >= 11 is 0. The van der Waals surface area contributed by atoms with E-state index >= 15 is 0 Å². The molecular weight excluding hydrogens is 386 g/mol. The molecule has 0 aliphatic carbocycles. The lowest BCUT2D eigenvalue weighted by Gasteiger charge is -2.34. The quantitative estimate of drug-likeness (QED) is 0.466. The van der Waals surface area contributed by atoms with Gasteiger partial charge in [-0.1, -0.05) is 36.4 Å². The van der Waals surface area contributed by atoms with Crippen LogP contribution in [0.4, 0.5) is 5.69 Å². The van der Waals surface area contributed by atoms with Crippen LogP contribution in [0.3, 0.4) is 0 Å². The van der Waals surface area contributed by atoms with Crippen LogP contribution < -0.4 is 4.90 Å². The summed E-state index contributed by atoms with van der Waals surface area (Å²) < 4.78 is 0. The number of allylic oxidation sites excluding steroid dienone is 2. The minimum Gasteiger partial charge on any atom is -0.369 e. The fraction of sp³-hybridized carbons (Fsp3) is 0.231. The number of hydrogen-bond donors (Lipinski definition) is 1. The third-order valence-corrected chi connectivity index (χ3v) is 5.61. The fourth-order valence-electron chi connectivity index (χ4n) is 3.70. The predicted molar refractivity (Wildman–Crippen MR) is 127 cm³/mol. The molecule has 158 valence electrons. The summed E-state index contributed by atoms with van der Waals surface area (Å²) in [5.41, 5.74) is 4.10. The van der Waals surface area contributed by atoms with Gasteiger partial charge in [0.15, 0.2) is 11.6 Å². The van der Waals surface area contributed by atoms with Crippen molar-refractivity contribution in [3.05, 3.63) is 78.0 Å². The average Bonchev–Trinajstić information content (AvgIpc) is 3.25. The van der Waals surface area contributed by atoms with Gasteiger partial charge >= 0.3 is 0 Å². The van der Waals surface area contributed by atoms with E-state index in [1.165, 1.54) is 17.8 Å². The highest BCUT2D eigenvalue weighted by Crippen LogP contribution is 2.18. The van der Waals surface area contributed by atoms with Crippen molar-refractivity contribution in [3.8, 4) is 0 Å². The number of hydrogen-bond acceptors (Lipinski definition) is 4. The third-order valence-electron chi connectivity index (χ3n) is 5.61. The van der Waals surface area contributed by atoms with Gasteiger partial charge in [-0.05, 0) is 60.0 Å². The number of ketones is 2. The minimum atomic E-state index is -0.202. The largest absolute Gasteiger partial charge is 0.369 e. The summed E-state index contributed by atoms with van der Waals surface area (Å²) in [6.07, 6.45) is 8.23. The van der Waals surface area contributed by atoms with Crippen LogP contribution in [0.15, 0.2) is 66.9 Å². The summed E-state index contributed by atoms with van der Waals surface area (Å²) in [4.78, 5) is 32.2. The van der Waals surface area contributed by atoms with Gasteiger partial charge in [0.05, 0.1) is 6.42 Å². The molecule has 1 saturated heterocycles. The summed E-state index contributed by atoms with van der Waals surface area (Å²) in [6.45, 7) is 4.19. The highest BCUT2D eigenvalue weighted by atomic mass is 16.1. The number of H-pyrrole nitrogens is 1. The van der Waals surface area contributed by atoms with Crippen LogP contribution >= 0.6 is 0 Å². The van der Waals surface area contributed by atoms with Crippen LogP contribution in [0.2, 0.25) is 0 Å². The molecule has 5 heteroatoms. The van der Waals surface area contributed by atoms with Crippen LogP contribution in [0.25, 0.3) is 23.1 Å². The first-order valence-electron chi connectivity index (χ1n) is 10.6. The molecular formula is C26H27N3O2. The Kier molecular flexibility index (Phi) is 6.43. The van der Waals surface area contributed by atoms with Crippen molar-refractivity contribution < 1.29 is 9.59 Å². The minimum absolute atomic E-state index is 0.128. The molecule has 2 aromatic carbocycles. The van der Waals surface area contributed by atoms with Crippen LogP contribution in [-0.4, -0.2) is 54.7 Å². The molecule has 0 radical (unpaired) electrons. The van der Waals surface area contributed by atoms with Gasteiger partial charge < -0.3 is 14.8 Å². The third kappa shape index (κ3) is 5.58. The van der Waals surface area contributed by atoms with Crippen molar-refractivity contribution in [3.63, 3.8) is 0 Å². The number of aromatic nitrogens is 1. The summed E-state index contributed by atoms with van der Waals surface area (Å²) in [7, 11) is 2.14. The second-order valence-corrected chi connectivity index (χ2v) is 7.98. The SMILES string of the molecule is CN1CCN(c2ccc(/C=C/C(=O)CC(=O)/C=C/c3ccc4cc[nH]c4c3)cc2)CC1. The van der Waals surface area contributed by atoms with Crippen molar-refractivity contribution >= 4 is 40.3 Å². The zero-order valence-electron chi connectivity index (χ0n) is 17.8. The summed E-state index contributed by atoms with van der Waals surface area (Å²) in [5, 5.41) is 1.13. The van der Waals surface area contributed by atoms with Gasteiger partial charge in [-0.15, -0.1) is 0 Å². The molecule has 0 spiro atoms. The second kappa shape index (κ2) is 9.58. The molecule has 3 aromatic rings. The number of anilines is 1. The highest BCUT2D eigenvalue weighted by Gasteiger charge is 2.13. The maximum absolute atomic E-state index is 12.2. The lowest BCUT2D eigenvalue weighted by atomic mass is 10.1. The number of nitrogens with one attached hydrogen (secondary N) is 1. The van der Waals surface area contributed by atoms with E-state index in [0.29, 0.717) is 0 Å². The number of aromatic amines is 1. The number of likely N-dealkylation sites (N-methyl/N-ethyl adjacent to an activating group) is 1. The molecule has 2 heterocycles. The van der Waals surface area contributed by atoms with Crippen LogP contribution in [0, 0.1) is 0 Å². The smallest absolute Gasteiger partial charge is 0.163 e. The van der Waals surface area contributed by atoms with Crippen LogP contribution in [-0.2, 0) is 9.59 Å². The van der Waals surface area contributed by atoms with E-state index in [2.05, 4.69) is 34.0 Å². The molecule has 0 bridgehead atoms. The standard InChI is InChI=1S/C26H27N3O2/c1-28-14-16-29(17-15-28)23-8-3-20(4-9-23)5-10-24(30)19-25(31)11-6-21-2-7-22-12-13-27-26(22)18-21/h2-13,18,27H,14-17,19H2,1H3/b10-5+,11-6+. The molecule has 5 nitrogen and oxygen atoms in total. The van der Waals surface area contributed by atoms with Crippen molar-refractivity contribution in [2.75, 3.05) is 38.1 Å². The van der Waals surface area contributed by atoms with Gasteiger partial charge in [-0.3, -0.25) is 9.59 Å². The maximum atomic E-state index is 12.2. The number of rotatable bonds is 7. The zero-order valence-corrected chi connectivity index (χ0v) is 17.8. The van der Waals surface area contributed by atoms with E-state index in [0.717, 1.165) is 48.2 Å². The monoisotopic (exact) mass is 413 g/mol. The van der Waals surface area contributed by atoms with Gasteiger partial charge in [-0.25, -0.2) is 0 Å². The van der Waals surface area contributed by atoms with Gasteiger partial charge in [-0.2, -0.15) is 0 Å². The molecule has 0 unspecified atom stereocenters. The highest BCUT2D eigenvalue weighted by molar-refractivity contribution is 6.11. The predicted octanol–water partition coefficient (Wildman–Crippen LogP) is 4.17. The Bertz CT molecular complexity index is 1120. The Morgan fingerprint density at radius 1 is 0.871 bits per heavy atom. The number of carbonyl (C=O) groups is 2. The average molecular weight is 414 g/mol. The zero-order chi connectivity index (χ0) is 21.6. The van der Waals surface area contributed by atoms with Gasteiger partial charge in [0, 0.05) is 43.6 Å². The second-order valence-electron chi connectivity index (χ2n) is 7.98. The Morgan fingerprint density at radius 2 is 1.52 bits per heavy atom. The molecule has 1 fully saturated rings. The molecule has 1 aromatic heterocycles. The van der Waals surface area contributed by atoms with Crippen LogP contribution in [0.5, 0.6) is 0 Å². The van der Waals surface area contributed by atoms with Crippen molar-refractivity contribution in [1.29, 1.82) is 0 Å². The van der Waals surface area contributed by atoms with Crippen molar-refractivity contribution in [2.45, 2.75) is 6.42 Å². The molecule has 0 saturated carbocycles. The number of piperazine rings is 1. The van der Waals surface area contributed by atoms with Crippen molar-refractivity contribution in [2.24, 2.45) is 0 Å². The molecule has 0 amide bonds. The van der Waals surface area contributed by atoms with Crippen molar-refractivity contribution in [1.82, 2.24) is 9.88 Å². The molecule has 0 atom stereocenters. The maximum Gasteiger partial charge on any atom is 0.163 e. The topological polar surface area (TPSA) is 56.4 Å². The Balaban J connectivity index is 1.28. The Hall–Kier alpha value is -3.44. The first-order chi connectivity index (χ1) is 15.1. The van der Waals surface area contributed by atoms with E-state index < -0.39 is 0 Å². The summed E-state index contributed by atoms with van der Waals surface area (Å²) in [5.74, 6) is -0.399. The lowest BCUT2D eigenvalue weighted by Crippen LogP contribution is -2.44. The number of benzene rings is 2. The van der Waals surface area contributed by atoms with E-state index in [9.17, 15) is 9.59 Å². The van der Waals surface area contributed by atoms with E-state index in [1.807, 2.05) is 42.6 Å². The fourth-order valence-corrected chi connectivity index (χ4v) is 3.70. The number of nitrogens with zero attached hydrogens (tertiary/aromatic N) is 2. The van der Waals surface area contributed by atoms with Gasteiger partial charge in [0.25, 0.3) is 0 Å². The Labute approximate surface area is 182 Å². The van der Waals surface area contributed by atoms with Gasteiger partial charge in [0.1, 0.15) is 0 Å². The molecule has 4 rings (SSSR count). The Morgan fingerprint density at radius 3 is 2.23 bits per heavy atom. The first-order valence-corrected chi connectivity index (χ1v) is 10.6. The normalized spacial score (nSPS) is 15.3. The number of carbonyl (C=O) groups excluding carboxylic acids is 2. The molecule has 1 N–H and O–H groups in total.